The zero-order valence-corrected chi connectivity index (χ0v) is 21.4. The fourth-order valence-corrected chi connectivity index (χ4v) is 7.39. The molecule has 7 rings (SSSR count). The standard InChI is InChI=1S/C37H30/c1-25-14-13-23-33-34(25)24-26(2)35(33)37(27-15-5-3-6-16-27,28-17-7-4-8-18-28)36-31-21-11-9-19-29(31)30-20-10-12-22-32(30)36/h3-24,35-36H,1-2H3. The summed E-state index contributed by atoms with van der Waals surface area (Å²) in [4.78, 5) is 0. The molecular formula is C37H30. The van der Waals surface area contributed by atoms with Crippen LogP contribution in [0.1, 0.15) is 57.7 Å². The molecule has 1 unspecified atom stereocenters. The SMILES string of the molecule is CC1=Cc2c(C)cccc2C1C(c1ccccc1)(c1ccccc1)C1c2ccccc2-c2ccccc21. The van der Waals surface area contributed by atoms with Crippen LogP contribution in [-0.4, -0.2) is 0 Å². The van der Waals surface area contributed by atoms with Gasteiger partial charge in [0, 0.05) is 17.3 Å². The third-order valence-electron chi connectivity index (χ3n) is 8.74. The summed E-state index contributed by atoms with van der Waals surface area (Å²) in [5.74, 6) is 0.376. The van der Waals surface area contributed by atoms with Crippen molar-refractivity contribution in [3.05, 3.63) is 172 Å². The molecule has 1 atom stereocenters. The number of hydrogen-bond donors (Lipinski definition) is 0. The van der Waals surface area contributed by atoms with Crippen molar-refractivity contribution in [1.29, 1.82) is 0 Å². The maximum atomic E-state index is 2.45. The van der Waals surface area contributed by atoms with E-state index in [4.69, 9.17) is 0 Å². The maximum absolute atomic E-state index is 2.45. The van der Waals surface area contributed by atoms with Crippen molar-refractivity contribution < 1.29 is 0 Å². The second-order valence-corrected chi connectivity index (χ2v) is 10.6. The lowest BCUT2D eigenvalue weighted by Crippen LogP contribution is -2.41. The minimum atomic E-state index is -0.329. The van der Waals surface area contributed by atoms with Crippen LogP contribution >= 0.6 is 0 Å². The molecule has 0 saturated carbocycles. The number of fused-ring (bicyclic) bond motifs is 4. The van der Waals surface area contributed by atoms with Crippen LogP contribution in [0.4, 0.5) is 0 Å². The van der Waals surface area contributed by atoms with E-state index in [0.717, 1.165) is 0 Å². The predicted molar refractivity (Wildman–Crippen MR) is 155 cm³/mol. The van der Waals surface area contributed by atoms with Crippen LogP contribution in [0.25, 0.3) is 17.2 Å². The van der Waals surface area contributed by atoms with E-state index in [-0.39, 0.29) is 17.3 Å². The summed E-state index contributed by atoms with van der Waals surface area (Å²) in [5.41, 5.74) is 13.6. The average Bonchev–Trinajstić information content (AvgIpc) is 3.47. The number of benzene rings is 5. The van der Waals surface area contributed by atoms with Gasteiger partial charge >= 0.3 is 0 Å². The van der Waals surface area contributed by atoms with Crippen LogP contribution in [0.3, 0.4) is 0 Å². The second-order valence-electron chi connectivity index (χ2n) is 10.6. The molecule has 0 bridgehead atoms. The van der Waals surface area contributed by atoms with E-state index in [2.05, 4.69) is 147 Å². The Morgan fingerprint density at radius 2 is 0.946 bits per heavy atom. The third-order valence-corrected chi connectivity index (χ3v) is 8.74. The second kappa shape index (κ2) is 8.46. The van der Waals surface area contributed by atoms with Gasteiger partial charge in [-0.25, -0.2) is 0 Å². The van der Waals surface area contributed by atoms with Gasteiger partial charge in [-0.3, -0.25) is 0 Å². The monoisotopic (exact) mass is 474 g/mol. The summed E-state index contributed by atoms with van der Waals surface area (Å²) in [6, 6.07) is 47.6. The van der Waals surface area contributed by atoms with Gasteiger partial charge in [0.25, 0.3) is 0 Å². The number of allylic oxidation sites excluding steroid dienone is 1. The van der Waals surface area contributed by atoms with Crippen molar-refractivity contribution in [1.82, 2.24) is 0 Å². The van der Waals surface area contributed by atoms with Gasteiger partial charge in [0.15, 0.2) is 0 Å². The van der Waals surface area contributed by atoms with Crippen LogP contribution in [0.15, 0.2) is 133 Å². The van der Waals surface area contributed by atoms with E-state index in [1.54, 1.807) is 0 Å². The molecule has 0 amide bonds. The van der Waals surface area contributed by atoms with E-state index in [9.17, 15) is 0 Å². The first kappa shape index (κ1) is 22.1. The maximum Gasteiger partial charge on any atom is 0.0418 e. The van der Waals surface area contributed by atoms with E-state index in [0.29, 0.717) is 0 Å². The first-order chi connectivity index (χ1) is 18.2. The van der Waals surface area contributed by atoms with Gasteiger partial charge in [-0.2, -0.15) is 0 Å². The van der Waals surface area contributed by atoms with E-state index in [1.165, 1.54) is 55.6 Å². The quantitative estimate of drug-likeness (QED) is 0.243. The molecule has 0 radical (unpaired) electrons. The van der Waals surface area contributed by atoms with E-state index < -0.39 is 0 Å². The lowest BCUT2D eigenvalue weighted by Gasteiger charge is -2.47. The normalized spacial score (nSPS) is 16.2. The van der Waals surface area contributed by atoms with Crippen LogP contribution in [-0.2, 0) is 5.41 Å². The van der Waals surface area contributed by atoms with Crippen molar-refractivity contribution in [2.24, 2.45) is 0 Å². The van der Waals surface area contributed by atoms with Crippen LogP contribution in [0.5, 0.6) is 0 Å². The van der Waals surface area contributed by atoms with Gasteiger partial charge in [0.05, 0.1) is 0 Å². The topological polar surface area (TPSA) is 0 Å². The molecule has 0 saturated heterocycles. The van der Waals surface area contributed by atoms with E-state index >= 15 is 0 Å². The molecule has 0 fully saturated rings. The predicted octanol–water partition coefficient (Wildman–Crippen LogP) is 9.29. The molecule has 0 aliphatic heterocycles. The highest BCUT2D eigenvalue weighted by molar-refractivity contribution is 5.82. The Morgan fingerprint density at radius 3 is 1.51 bits per heavy atom. The van der Waals surface area contributed by atoms with Crippen LogP contribution in [0.2, 0.25) is 0 Å². The summed E-state index contributed by atoms with van der Waals surface area (Å²) in [7, 11) is 0. The molecular weight excluding hydrogens is 444 g/mol. The fourth-order valence-electron chi connectivity index (χ4n) is 7.39. The van der Waals surface area contributed by atoms with Gasteiger partial charge in [-0.1, -0.05) is 139 Å². The molecule has 5 aromatic carbocycles. The van der Waals surface area contributed by atoms with Crippen molar-refractivity contribution >= 4 is 6.08 Å². The Hall–Kier alpha value is -4.16. The highest BCUT2D eigenvalue weighted by Gasteiger charge is 2.54. The van der Waals surface area contributed by atoms with Crippen LogP contribution in [0, 0.1) is 6.92 Å². The zero-order valence-electron chi connectivity index (χ0n) is 21.4. The molecule has 0 spiro atoms. The Kier molecular flexibility index (Phi) is 5.04. The summed E-state index contributed by atoms with van der Waals surface area (Å²) >= 11 is 0. The van der Waals surface area contributed by atoms with Crippen molar-refractivity contribution in [3.8, 4) is 11.1 Å². The van der Waals surface area contributed by atoms with Gasteiger partial charge in [-0.05, 0) is 63.9 Å². The number of aryl methyl sites for hydroxylation is 1. The molecule has 0 N–H and O–H groups in total. The van der Waals surface area contributed by atoms with Gasteiger partial charge in [0.2, 0.25) is 0 Å². The third kappa shape index (κ3) is 3.09. The molecule has 0 aromatic heterocycles. The molecule has 178 valence electrons. The first-order valence-corrected chi connectivity index (χ1v) is 13.3. The fraction of sp³-hybridized carbons (Fsp3) is 0.135. The minimum Gasteiger partial charge on any atom is -0.0639 e. The highest BCUT2D eigenvalue weighted by atomic mass is 14.6. The zero-order chi connectivity index (χ0) is 25.0. The average molecular weight is 475 g/mol. The Balaban J connectivity index is 1.66. The summed E-state index contributed by atoms with van der Waals surface area (Å²) in [6.45, 7) is 4.59. The minimum absolute atomic E-state index is 0.171. The van der Waals surface area contributed by atoms with Crippen LogP contribution < -0.4 is 0 Å². The van der Waals surface area contributed by atoms with Crippen molar-refractivity contribution in [2.75, 3.05) is 0 Å². The lowest BCUT2D eigenvalue weighted by molar-refractivity contribution is 0.405. The van der Waals surface area contributed by atoms with Gasteiger partial charge in [0.1, 0.15) is 0 Å². The Labute approximate surface area is 220 Å². The summed E-state index contributed by atoms with van der Waals surface area (Å²) < 4.78 is 0. The Morgan fingerprint density at radius 1 is 0.459 bits per heavy atom. The smallest absolute Gasteiger partial charge is 0.0418 e. The first-order valence-electron chi connectivity index (χ1n) is 13.3. The molecule has 0 nitrogen and oxygen atoms in total. The van der Waals surface area contributed by atoms with Gasteiger partial charge in [-0.15, -0.1) is 0 Å². The molecule has 0 heteroatoms. The number of hydrogen-bond acceptors (Lipinski definition) is 0. The van der Waals surface area contributed by atoms with Crippen molar-refractivity contribution in [2.45, 2.75) is 31.1 Å². The summed E-state index contributed by atoms with van der Waals surface area (Å²) in [5, 5.41) is 0. The molecule has 37 heavy (non-hydrogen) atoms. The molecule has 2 aliphatic carbocycles. The van der Waals surface area contributed by atoms with Crippen molar-refractivity contribution in [3.63, 3.8) is 0 Å². The lowest BCUT2D eigenvalue weighted by atomic mass is 9.54. The largest absolute Gasteiger partial charge is 0.0639 e. The molecule has 5 aromatic rings. The summed E-state index contributed by atoms with van der Waals surface area (Å²) in [6.07, 6.45) is 2.45. The Bertz CT molecular complexity index is 1550. The molecule has 0 heterocycles. The number of rotatable bonds is 4. The van der Waals surface area contributed by atoms with E-state index in [1.807, 2.05) is 0 Å². The van der Waals surface area contributed by atoms with Gasteiger partial charge < -0.3 is 0 Å². The highest BCUT2D eigenvalue weighted by Crippen LogP contribution is 2.64. The molecule has 2 aliphatic rings.